The van der Waals surface area contributed by atoms with E-state index >= 15 is 0 Å². The Bertz CT molecular complexity index is 186. The maximum Gasteiger partial charge on any atom is 0.180 e. The van der Waals surface area contributed by atoms with Crippen LogP contribution in [-0.2, 0) is 9.53 Å². The fourth-order valence-corrected chi connectivity index (χ4v) is 1.17. The van der Waals surface area contributed by atoms with Crippen LogP contribution in [0, 0.1) is 5.92 Å². The van der Waals surface area contributed by atoms with Crippen LogP contribution in [0.3, 0.4) is 0 Å². The third-order valence-electron chi connectivity index (χ3n) is 2.17. The van der Waals surface area contributed by atoms with Crippen molar-refractivity contribution in [3.05, 3.63) is 0 Å². The van der Waals surface area contributed by atoms with E-state index in [1.165, 1.54) is 0 Å². The molecular formula is C11H23NO2. The minimum atomic E-state index is -0.747. The van der Waals surface area contributed by atoms with E-state index in [4.69, 9.17) is 10.5 Å². The van der Waals surface area contributed by atoms with E-state index in [2.05, 4.69) is 13.8 Å². The van der Waals surface area contributed by atoms with Gasteiger partial charge in [0.15, 0.2) is 5.78 Å². The van der Waals surface area contributed by atoms with Gasteiger partial charge in [-0.3, -0.25) is 4.79 Å². The molecule has 84 valence electrons. The summed E-state index contributed by atoms with van der Waals surface area (Å²) in [4.78, 5) is 11.6. The zero-order chi connectivity index (χ0) is 11.4. The second-order valence-electron chi connectivity index (χ2n) is 4.69. The standard InChI is InChI=1S/C11H23NO2/c1-8(2)6-7-14-11(4,5)10(13)9(3)12/h8-9H,6-7,12H2,1-5H3. The normalized spacial score (nSPS) is 14.5. The first-order chi connectivity index (χ1) is 6.27. The van der Waals surface area contributed by atoms with Crippen molar-refractivity contribution in [2.75, 3.05) is 6.61 Å². The molecular weight excluding hydrogens is 178 g/mol. The summed E-state index contributed by atoms with van der Waals surface area (Å²) >= 11 is 0. The largest absolute Gasteiger partial charge is 0.368 e. The molecule has 3 heteroatoms. The molecule has 1 atom stereocenters. The average molecular weight is 201 g/mol. The number of hydrogen-bond acceptors (Lipinski definition) is 3. The van der Waals surface area contributed by atoms with Crippen LogP contribution in [0.25, 0.3) is 0 Å². The Morgan fingerprint density at radius 3 is 2.21 bits per heavy atom. The van der Waals surface area contributed by atoms with Gasteiger partial charge in [0.05, 0.1) is 6.04 Å². The van der Waals surface area contributed by atoms with Gasteiger partial charge in [-0.25, -0.2) is 0 Å². The van der Waals surface area contributed by atoms with E-state index in [0.29, 0.717) is 12.5 Å². The number of hydrogen-bond donors (Lipinski definition) is 1. The van der Waals surface area contributed by atoms with E-state index in [1.807, 2.05) is 0 Å². The number of ketones is 1. The monoisotopic (exact) mass is 201 g/mol. The number of ether oxygens (including phenoxy) is 1. The van der Waals surface area contributed by atoms with Crippen molar-refractivity contribution in [2.24, 2.45) is 11.7 Å². The molecule has 0 aromatic heterocycles. The molecule has 0 amide bonds. The van der Waals surface area contributed by atoms with Crippen LogP contribution < -0.4 is 5.73 Å². The Hall–Kier alpha value is -0.410. The van der Waals surface area contributed by atoms with Crippen LogP contribution in [0.4, 0.5) is 0 Å². The fraction of sp³-hybridized carbons (Fsp3) is 0.909. The average Bonchev–Trinajstić information content (AvgIpc) is 2.01. The predicted molar refractivity (Wildman–Crippen MR) is 58.1 cm³/mol. The first-order valence-corrected chi connectivity index (χ1v) is 5.21. The molecule has 0 saturated heterocycles. The lowest BCUT2D eigenvalue weighted by Gasteiger charge is -2.25. The summed E-state index contributed by atoms with van der Waals surface area (Å²) in [6.07, 6.45) is 0.968. The zero-order valence-corrected chi connectivity index (χ0v) is 9.96. The highest BCUT2D eigenvalue weighted by Gasteiger charge is 2.30. The second kappa shape index (κ2) is 5.47. The number of nitrogens with two attached hydrogens (primary N) is 1. The molecule has 0 radical (unpaired) electrons. The highest BCUT2D eigenvalue weighted by atomic mass is 16.5. The summed E-state index contributed by atoms with van der Waals surface area (Å²) in [5.41, 5.74) is 4.78. The highest BCUT2D eigenvalue weighted by Crippen LogP contribution is 2.14. The Morgan fingerprint density at radius 2 is 1.86 bits per heavy atom. The minimum Gasteiger partial charge on any atom is -0.368 e. The lowest BCUT2D eigenvalue weighted by Crippen LogP contribution is -2.45. The zero-order valence-electron chi connectivity index (χ0n) is 9.96. The van der Waals surface area contributed by atoms with E-state index < -0.39 is 11.6 Å². The molecule has 2 N–H and O–H groups in total. The number of rotatable bonds is 6. The Morgan fingerprint density at radius 1 is 1.36 bits per heavy atom. The van der Waals surface area contributed by atoms with Gasteiger partial charge < -0.3 is 10.5 Å². The number of carbonyl (C=O) groups excluding carboxylic acids is 1. The molecule has 0 aliphatic rings. The van der Waals surface area contributed by atoms with Gasteiger partial charge in [-0.1, -0.05) is 13.8 Å². The molecule has 14 heavy (non-hydrogen) atoms. The van der Waals surface area contributed by atoms with E-state index in [0.717, 1.165) is 6.42 Å². The van der Waals surface area contributed by atoms with Gasteiger partial charge >= 0.3 is 0 Å². The predicted octanol–water partition coefficient (Wildman–Crippen LogP) is 1.74. The van der Waals surface area contributed by atoms with Crippen LogP contribution in [0.15, 0.2) is 0 Å². The van der Waals surface area contributed by atoms with Gasteiger partial charge in [-0.15, -0.1) is 0 Å². The number of Topliss-reactive ketones (excluding diaryl/α,β-unsaturated/α-hetero) is 1. The maximum atomic E-state index is 11.6. The van der Waals surface area contributed by atoms with Crippen molar-refractivity contribution in [1.29, 1.82) is 0 Å². The van der Waals surface area contributed by atoms with Crippen molar-refractivity contribution in [3.8, 4) is 0 Å². The highest BCUT2D eigenvalue weighted by molar-refractivity contribution is 5.90. The Balaban J connectivity index is 4.01. The molecule has 0 aliphatic heterocycles. The van der Waals surface area contributed by atoms with Crippen molar-refractivity contribution in [1.82, 2.24) is 0 Å². The SMILES string of the molecule is CC(C)CCOC(C)(C)C(=O)C(C)N. The molecule has 0 aromatic carbocycles. The fourth-order valence-electron chi connectivity index (χ4n) is 1.17. The van der Waals surface area contributed by atoms with Crippen molar-refractivity contribution < 1.29 is 9.53 Å². The molecule has 0 bridgehead atoms. The third kappa shape index (κ3) is 4.72. The molecule has 0 fully saturated rings. The van der Waals surface area contributed by atoms with E-state index in [9.17, 15) is 4.79 Å². The smallest absolute Gasteiger partial charge is 0.180 e. The van der Waals surface area contributed by atoms with Gasteiger partial charge in [-0.05, 0) is 33.1 Å². The van der Waals surface area contributed by atoms with Crippen LogP contribution >= 0.6 is 0 Å². The van der Waals surface area contributed by atoms with Crippen LogP contribution in [0.2, 0.25) is 0 Å². The minimum absolute atomic E-state index is 0.0405. The van der Waals surface area contributed by atoms with Crippen molar-refractivity contribution >= 4 is 5.78 Å². The van der Waals surface area contributed by atoms with Gasteiger partial charge in [0.2, 0.25) is 0 Å². The van der Waals surface area contributed by atoms with Crippen LogP contribution in [0.1, 0.15) is 41.0 Å². The van der Waals surface area contributed by atoms with Crippen LogP contribution in [0.5, 0.6) is 0 Å². The first-order valence-electron chi connectivity index (χ1n) is 5.21. The summed E-state index contributed by atoms with van der Waals surface area (Å²) in [6.45, 7) is 10.1. The van der Waals surface area contributed by atoms with Gasteiger partial charge in [-0.2, -0.15) is 0 Å². The lowest BCUT2D eigenvalue weighted by molar-refractivity contribution is -0.141. The summed E-state index contributed by atoms with van der Waals surface area (Å²) < 4.78 is 5.53. The Labute approximate surface area is 87.0 Å². The molecule has 0 aromatic rings. The molecule has 0 aliphatic carbocycles. The van der Waals surface area contributed by atoms with E-state index in [-0.39, 0.29) is 5.78 Å². The summed E-state index contributed by atoms with van der Waals surface area (Å²) in [5, 5.41) is 0. The Kier molecular flexibility index (Phi) is 5.31. The lowest BCUT2D eigenvalue weighted by atomic mass is 9.98. The van der Waals surface area contributed by atoms with E-state index in [1.54, 1.807) is 20.8 Å². The van der Waals surface area contributed by atoms with Crippen molar-refractivity contribution in [2.45, 2.75) is 52.7 Å². The van der Waals surface area contributed by atoms with Gasteiger partial charge in [0.1, 0.15) is 5.60 Å². The molecule has 0 rings (SSSR count). The summed E-state index contributed by atoms with van der Waals surface area (Å²) in [6, 6.07) is -0.455. The molecule has 0 heterocycles. The maximum absolute atomic E-state index is 11.6. The third-order valence-corrected chi connectivity index (χ3v) is 2.17. The van der Waals surface area contributed by atoms with Gasteiger partial charge in [0, 0.05) is 6.61 Å². The molecule has 0 saturated carbocycles. The first kappa shape index (κ1) is 13.6. The summed E-state index contributed by atoms with van der Waals surface area (Å²) in [7, 11) is 0. The quantitative estimate of drug-likeness (QED) is 0.712. The second-order valence-corrected chi connectivity index (χ2v) is 4.69. The number of carbonyl (C=O) groups is 1. The van der Waals surface area contributed by atoms with Crippen molar-refractivity contribution in [3.63, 3.8) is 0 Å². The topological polar surface area (TPSA) is 52.3 Å². The molecule has 3 nitrogen and oxygen atoms in total. The van der Waals surface area contributed by atoms with Gasteiger partial charge in [0.25, 0.3) is 0 Å². The summed E-state index contributed by atoms with van der Waals surface area (Å²) in [5.74, 6) is 0.553. The molecule has 1 unspecified atom stereocenters. The van der Waals surface area contributed by atoms with Crippen LogP contribution in [-0.4, -0.2) is 24.0 Å². The molecule has 0 spiro atoms.